The molecule has 0 bridgehead atoms. The highest BCUT2D eigenvalue weighted by Crippen LogP contribution is 2.27. The maximum absolute atomic E-state index is 9.71. The Morgan fingerprint density at radius 2 is 1.60 bits per heavy atom. The minimum Gasteiger partial charge on any atom is -0.390 e. The monoisotopic (exact) mass is 213 g/mol. The van der Waals surface area contributed by atoms with E-state index in [0.29, 0.717) is 0 Å². The molecular formula is C12H23NO2. The zero-order chi connectivity index (χ0) is 10.7. The fourth-order valence-electron chi connectivity index (χ4n) is 2.76. The average Bonchev–Trinajstić information content (AvgIpc) is 2.50. The van der Waals surface area contributed by atoms with Crippen LogP contribution in [0, 0.1) is 0 Å². The summed E-state index contributed by atoms with van der Waals surface area (Å²) in [5.74, 6) is 0. The highest BCUT2D eigenvalue weighted by Gasteiger charge is 2.31. The third-order valence-electron chi connectivity index (χ3n) is 3.77. The maximum Gasteiger partial charge on any atom is 0.0838 e. The summed E-state index contributed by atoms with van der Waals surface area (Å²) in [6.07, 6.45) is 8.86. The zero-order valence-electron chi connectivity index (χ0n) is 9.40. The highest BCUT2D eigenvalue weighted by molar-refractivity contribution is 4.83. The second kappa shape index (κ2) is 5.28. The number of aliphatic hydroxyl groups is 1. The topological polar surface area (TPSA) is 55.5 Å². The van der Waals surface area contributed by atoms with Crippen LogP contribution in [0.5, 0.6) is 0 Å². The van der Waals surface area contributed by atoms with Gasteiger partial charge in [-0.15, -0.1) is 0 Å². The van der Waals surface area contributed by atoms with Crippen molar-refractivity contribution in [1.29, 1.82) is 0 Å². The van der Waals surface area contributed by atoms with Crippen molar-refractivity contribution in [1.82, 2.24) is 0 Å². The third-order valence-corrected chi connectivity index (χ3v) is 3.77. The Hall–Kier alpha value is -0.120. The van der Waals surface area contributed by atoms with Crippen LogP contribution >= 0.6 is 0 Å². The molecule has 2 saturated carbocycles. The number of ether oxygens (including phenoxy) is 1. The molecule has 88 valence electrons. The Kier molecular flexibility index (Phi) is 4.00. The van der Waals surface area contributed by atoms with Crippen LogP contribution in [0.15, 0.2) is 0 Å². The number of aliphatic hydroxyl groups excluding tert-OH is 1. The van der Waals surface area contributed by atoms with Crippen molar-refractivity contribution in [3.8, 4) is 0 Å². The molecule has 3 nitrogen and oxygen atoms in total. The van der Waals surface area contributed by atoms with Crippen molar-refractivity contribution in [3.05, 3.63) is 0 Å². The van der Waals surface area contributed by atoms with Gasteiger partial charge in [0.1, 0.15) is 0 Å². The quantitative estimate of drug-likeness (QED) is 0.685. The molecule has 0 aliphatic heterocycles. The molecule has 2 aliphatic rings. The smallest absolute Gasteiger partial charge is 0.0838 e. The maximum atomic E-state index is 9.71. The Bertz CT molecular complexity index is 198. The summed E-state index contributed by atoms with van der Waals surface area (Å²) in [6, 6.07) is 0.181. The van der Waals surface area contributed by atoms with Gasteiger partial charge in [-0.2, -0.15) is 0 Å². The van der Waals surface area contributed by atoms with Gasteiger partial charge in [-0.25, -0.2) is 0 Å². The van der Waals surface area contributed by atoms with Crippen molar-refractivity contribution in [2.45, 2.75) is 75.7 Å². The van der Waals surface area contributed by atoms with E-state index in [-0.39, 0.29) is 24.4 Å². The predicted molar refractivity (Wildman–Crippen MR) is 59.6 cm³/mol. The second-order valence-electron chi connectivity index (χ2n) is 5.01. The van der Waals surface area contributed by atoms with Crippen LogP contribution in [0.4, 0.5) is 0 Å². The first-order valence-corrected chi connectivity index (χ1v) is 6.36. The van der Waals surface area contributed by atoms with Crippen LogP contribution in [-0.4, -0.2) is 29.5 Å². The van der Waals surface area contributed by atoms with Gasteiger partial charge >= 0.3 is 0 Å². The second-order valence-corrected chi connectivity index (χ2v) is 5.01. The van der Waals surface area contributed by atoms with Crippen LogP contribution in [0.25, 0.3) is 0 Å². The average molecular weight is 213 g/mol. The standard InChI is InChI=1S/C12H23NO2/c13-9-5-2-1-3-7-11(9)15-12-8-4-6-10(12)14/h9-12,14H,1-8,13H2. The summed E-state index contributed by atoms with van der Waals surface area (Å²) >= 11 is 0. The fourth-order valence-corrected chi connectivity index (χ4v) is 2.76. The van der Waals surface area contributed by atoms with Crippen LogP contribution in [-0.2, 0) is 4.74 Å². The SMILES string of the molecule is NC1CCCCCC1OC1CCCC1O. The van der Waals surface area contributed by atoms with Crippen molar-refractivity contribution in [2.75, 3.05) is 0 Å². The lowest BCUT2D eigenvalue weighted by Crippen LogP contribution is -2.40. The van der Waals surface area contributed by atoms with Crippen molar-refractivity contribution in [2.24, 2.45) is 5.73 Å². The number of hydrogen-bond acceptors (Lipinski definition) is 3. The molecule has 0 amide bonds. The first-order valence-electron chi connectivity index (χ1n) is 6.36. The molecule has 3 heteroatoms. The van der Waals surface area contributed by atoms with E-state index >= 15 is 0 Å². The van der Waals surface area contributed by atoms with E-state index in [1.54, 1.807) is 0 Å². The van der Waals surface area contributed by atoms with E-state index in [2.05, 4.69) is 0 Å². The summed E-state index contributed by atoms with van der Waals surface area (Å²) in [5, 5.41) is 9.71. The molecule has 0 heterocycles. The van der Waals surface area contributed by atoms with E-state index in [1.807, 2.05) is 0 Å². The third kappa shape index (κ3) is 2.92. The summed E-state index contributed by atoms with van der Waals surface area (Å²) in [6.45, 7) is 0. The van der Waals surface area contributed by atoms with Gasteiger partial charge in [0.2, 0.25) is 0 Å². The van der Waals surface area contributed by atoms with E-state index in [1.165, 1.54) is 19.3 Å². The minimum atomic E-state index is -0.250. The molecule has 3 N–H and O–H groups in total. The Labute approximate surface area is 92.0 Å². The van der Waals surface area contributed by atoms with E-state index < -0.39 is 0 Å². The first-order chi connectivity index (χ1) is 7.27. The lowest BCUT2D eigenvalue weighted by Gasteiger charge is -2.27. The van der Waals surface area contributed by atoms with Gasteiger partial charge in [0.15, 0.2) is 0 Å². The molecule has 0 radical (unpaired) electrons. The summed E-state index contributed by atoms with van der Waals surface area (Å²) in [7, 11) is 0. The van der Waals surface area contributed by atoms with Crippen molar-refractivity contribution < 1.29 is 9.84 Å². The molecule has 0 aromatic heterocycles. The summed E-state index contributed by atoms with van der Waals surface area (Å²) < 4.78 is 5.98. The fraction of sp³-hybridized carbons (Fsp3) is 1.00. The Morgan fingerprint density at radius 3 is 2.33 bits per heavy atom. The molecule has 0 aromatic rings. The van der Waals surface area contributed by atoms with Crippen LogP contribution in [0.1, 0.15) is 51.4 Å². The molecule has 2 fully saturated rings. The first kappa shape index (κ1) is 11.4. The van der Waals surface area contributed by atoms with Gasteiger partial charge in [-0.3, -0.25) is 0 Å². The molecule has 15 heavy (non-hydrogen) atoms. The van der Waals surface area contributed by atoms with Gasteiger partial charge in [0, 0.05) is 6.04 Å². The number of hydrogen-bond donors (Lipinski definition) is 2. The normalized spacial score (nSPS) is 42.8. The van der Waals surface area contributed by atoms with Crippen molar-refractivity contribution >= 4 is 0 Å². The summed E-state index contributed by atoms with van der Waals surface area (Å²) in [4.78, 5) is 0. The lowest BCUT2D eigenvalue weighted by molar-refractivity contribution is -0.0721. The van der Waals surface area contributed by atoms with Gasteiger partial charge in [-0.1, -0.05) is 19.3 Å². The molecule has 0 aromatic carbocycles. The number of nitrogens with two attached hydrogens (primary N) is 1. The predicted octanol–water partition coefficient (Wildman–Crippen LogP) is 1.58. The lowest BCUT2D eigenvalue weighted by atomic mass is 10.1. The molecule has 2 aliphatic carbocycles. The van der Waals surface area contributed by atoms with Gasteiger partial charge in [0.25, 0.3) is 0 Å². The molecule has 0 saturated heterocycles. The highest BCUT2D eigenvalue weighted by atomic mass is 16.5. The Balaban J connectivity index is 1.85. The van der Waals surface area contributed by atoms with E-state index in [4.69, 9.17) is 10.5 Å². The molecule has 2 rings (SSSR count). The summed E-state index contributed by atoms with van der Waals surface area (Å²) in [5.41, 5.74) is 6.10. The van der Waals surface area contributed by atoms with Gasteiger partial charge in [0.05, 0.1) is 18.3 Å². The molecule has 4 atom stereocenters. The minimum absolute atomic E-state index is 0.0548. The van der Waals surface area contributed by atoms with Crippen LogP contribution < -0.4 is 5.73 Å². The van der Waals surface area contributed by atoms with Crippen LogP contribution in [0.2, 0.25) is 0 Å². The number of rotatable bonds is 2. The zero-order valence-corrected chi connectivity index (χ0v) is 9.40. The van der Waals surface area contributed by atoms with Crippen LogP contribution in [0.3, 0.4) is 0 Å². The molecule has 4 unspecified atom stereocenters. The largest absolute Gasteiger partial charge is 0.390 e. The van der Waals surface area contributed by atoms with Gasteiger partial charge < -0.3 is 15.6 Å². The van der Waals surface area contributed by atoms with E-state index in [0.717, 1.165) is 32.1 Å². The molecule has 0 spiro atoms. The van der Waals surface area contributed by atoms with E-state index in [9.17, 15) is 5.11 Å². The van der Waals surface area contributed by atoms with Crippen molar-refractivity contribution in [3.63, 3.8) is 0 Å². The molecular weight excluding hydrogens is 190 g/mol. The Morgan fingerprint density at radius 1 is 0.867 bits per heavy atom. The van der Waals surface area contributed by atoms with Gasteiger partial charge in [-0.05, 0) is 32.1 Å².